The third-order valence-corrected chi connectivity index (χ3v) is 2.28. The molecule has 1 aliphatic rings. The van der Waals surface area contributed by atoms with Gasteiger partial charge in [0.1, 0.15) is 6.17 Å². The SMILES string of the molecule is C#CC(=O)N1CCC(C)C(F)C1. The highest BCUT2D eigenvalue weighted by molar-refractivity contribution is 5.92. The normalized spacial score (nSPS) is 29.6. The Morgan fingerprint density at radius 2 is 2.42 bits per heavy atom. The molecule has 0 radical (unpaired) electrons. The summed E-state index contributed by atoms with van der Waals surface area (Å²) < 4.78 is 13.1. The van der Waals surface area contributed by atoms with E-state index >= 15 is 0 Å². The summed E-state index contributed by atoms with van der Waals surface area (Å²) in [5, 5.41) is 0. The fourth-order valence-corrected chi connectivity index (χ4v) is 1.30. The second-order valence-corrected chi connectivity index (χ2v) is 3.18. The molecule has 0 aromatic heterocycles. The molecule has 3 heteroatoms. The van der Waals surface area contributed by atoms with Crippen molar-refractivity contribution in [3.8, 4) is 12.3 Å². The first-order chi connectivity index (χ1) is 5.65. The number of rotatable bonds is 0. The molecule has 2 nitrogen and oxygen atoms in total. The van der Waals surface area contributed by atoms with Crippen molar-refractivity contribution in [1.29, 1.82) is 0 Å². The van der Waals surface area contributed by atoms with Crippen LogP contribution < -0.4 is 0 Å². The van der Waals surface area contributed by atoms with Crippen LogP contribution in [-0.2, 0) is 4.79 Å². The van der Waals surface area contributed by atoms with Crippen LogP contribution in [0.25, 0.3) is 0 Å². The van der Waals surface area contributed by atoms with E-state index in [2.05, 4.69) is 0 Å². The minimum atomic E-state index is -0.920. The van der Waals surface area contributed by atoms with Crippen molar-refractivity contribution in [2.45, 2.75) is 19.5 Å². The van der Waals surface area contributed by atoms with Gasteiger partial charge in [-0.2, -0.15) is 0 Å². The average molecular weight is 169 g/mol. The number of carbonyl (C=O) groups is 1. The molecule has 66 valence electrons. The number of amides is 1. The van der Waals surface area contributed by atoms with Gasteiger partial charge in [0.15, 0.2) is 0 Å². The Hall–Kier alpha value is -1.04. The van der Waals surface area contributed by atoms with Crippen LogP contribution in [0.2, 0.25) is 0 Å². The van der Waals surface area contributed by atoms with Gasteiger partial charge in [-0.15, -0.1) is 6.42 Å². The molecule has 1 rings (SSSR count). The highest BCUT2D eigenvalue weighted by Crippen LogP contribution is 2.19. The number of likely N-dealkylation sites (tertiary alicyclic amines) is 1. The zero-order valence-corrected chi connectivity index (χ0v) is 7.09. The minimum Gasteiger partial charge on any atom is -0.329 e. The molecular weight excluding hydrogens is 157 g/mol. The highest BCUT2D eigenvalue weighted by atomic mass is 19.1. The Balaban J connectivity index is 2.52. The van der Waals surface area contributed by atoms with Crippen molar-refractivity contribution in [2.75, 3.05) is 13.1 Å². The zero-order valence-electron chi connectivity index (χ0n) is 7.09. The Labute approximate surface area is 71.7 Å². The lowest BCUT2D eigenvalue weighted by molar-refractivity contribution is -0.127. The number of halogens is 1. The molecule has 1 amide bonds. The van der Waals surface area contributed by atoms with Gasteiger partial charge in [0, 0.05) is 6.54 Å². The Morgan fingerprint density at radius 3 is 2.92 bits per heavy atom. The van der Waals surface area contributed by atoms with E-state index in [9.17, 15) is 9.18 Å². The molecule has 0 aliphatic carbocycles. The van der Waals surface area contributed by atoms with Crippen LogP contribution in [0.3, 0.4) is 0 Å². The summed E-state index contributed by atoms with van der Waals surface area (Å²) in [5.41, 5.74) is 0. The van der Waals surface area contributed by atoms with Crippen LogP contribution in [0, 0.1) is 18.3 Å². The quantitative estimate of drug-likeness (QED) is 0.492. The van der Waals surface area contributed by atoms with Gasteiger partial charge in [-0.25, -0.2) is 4.39 Å². The summed E-state index contributed by atoms with van der Waals surface area (Å²) in [7, 11) is 0. The van der Waals surface area contributed by atoms with Crippen LogP contribution in [0.15, 0.2) is 0 Å². The van der Waals surface area contributed by atoms with Crippen LogP contribution in [0.4, 0.5) is 4.39 Å². The molecule has 0 aromatic rings. The van der Waals surface area contributed by atoms with Gasteiger partial charge >= 0.3 is 0 Å². The van der Waals surface area contributed by atoms with Gasteiger partial charge in [-0.1, -0.05) is 6.92 Å². The smallest absolute Gasteiger partial charge is 0.298 e. The molecule has 2 unspecified atom stereocenters. The molecule has 0 N–H and O–H groups in total. The molecular formula is C9H12FNO. The first kappa shape index (κ1) is 9.05. The third kappa shape index (κ3) is 1.76. The van der Waals surface area contributed by atoms with E-state index in [1.807, 2.05) is 12.8 Å². The summed E-state index contributed by atoms with van der Waals surface area (Å²) in [4.78, 5) is 12.3. The van der Waals surface area contributed by atoms with E-state index in [-0.39, 0.29) is 12.5 Å². The molecule has 1 heterocycles. The van der Waals surface area contributed by atoms with E-state index < -0.39 is 12.1 Å². The van der Waals surface area contributed by atoms with Gasteiger partial charge < -0.3 is 4.90 Å². The maximum atomic E-state index is 13.1. The number of alkyl halides is 1. The van der Waals surface area contributed by atoms with Gasteiger partial charge in [-0.3, -0.25) is 4.79 Å². The predicted molar refractivity (Wildman–Crippen MR) is 44.1 cm³/mol. The summed E-state index contributed by atoms with van der Waals surface area (Å²) in [6.45, 7) is 2.59. The average Bonchev–Trinajstić information content (AvgIpc) is 2.08. The minimum absolute atomic E-state index is 0.0480. The fraction of sp³-hybridized carbons (Fsp3) is 0.667. The molecule has 0 bridgehead atoms. The van der Waals surface area contributed by atoms with Gasteiger partial charge in [0.2, 0.25) is 0 Å². The Bertz CT molecular complexity index is 221. The van der Waals surface area contributed by atoms with E-state index in [4.69, 9.17) is 6.42 Å². The van der Waals surface area contributed by atoms with Gasteiger partial charge in [0.25, 0.3) is 5.91 Å². The van der Waals surface area contributed by atoms with E-state index in [1.54, 1.807) is 0 Å². The Morgan fingerprint density at radius 1 is 1.75 bits per heavy atom. The maximum absolute atomic E-state index is 13.1. The first-order valence-electron chi connectivity index (χ1n) is 4.04. The fourth-order valence-electron chi connectivity index (χ4n) is 1.30. The van der Waals surface area contributed by atoms with Crippen molar-refractivity contribution < 1.29 is 9.18 Å². The predicted octanol–water partition coefficient (Wildman–Crippen LogP) is 0.826. The van der Waals surface area contributed by atoms with Crippen molar-refractivity contribution in [3.05, 3.63) is 0 Å². The number of hydrogen-bond acceptors (Lipinski definition) is 1. The summed E-state index contributed by atoms with van der Waals surface area (Å²) >= 11 is 0. The monoisotopic (exact) mass is 169 g/mol. The van der Waals surface area contributed by atoms with E-state index in [1.165, 1.54) is 4.90 Å². The first-order valence-corrected chi connectivity index (χ1v) is 4.04. The third-order valence-electron chi connectivity index (χ3n) is 2.28. The summed E-state index contributed by atoms with van der Waals surface area (Å²) in [6, 6.07) is 0. The van der Waals surface area contributed by atoms with E-state index in [0.717, 1.165) is 0 Å². The molecule has 0 saturated carbocycles. The second kappa shape index (κ2) is 3.57. The summed E-state index contributed by atoms with van der Waals surface area (Å²) in [5.74, 6) is 1.64. The Kier molecular flexibility index (Phi) is 2.69. The molecule has 1 saturated heterocycles. The number of carbonyl (C=O) groups excluding carboxylic acids is 1. The lowest BCUT2D eigenvalue weighted by Gasteiger charge is -2.31. The molecule has 12 heavy (non-hydrogen) atoms. The number of nitrogens with zero attached hydrogens (tertiary/aromatic N) is 1. The van der Waals surface area contributed by atoms with Gasteiger partial charge in [0.05, 0.1) is 6.54 Å². The molecule has 1 aliphatic heterocycles. The number of piperidine rings is 1. The number of hydrogen-bond donors (Lipinski definition) is 0. The molecule has 0 aromatic carbocycles. The lowest BCUT2D eigenvalue weighted by Crippen LogP contribution is -2.43. The lowest BCUT2D eigenvalue weighted by atomic mass is 9.97. The molecule has 2 atom stereocenters. The highest BCUT2D eigenvalue weighted by Gasteiger charge is 2.27. The van der Waals surface area contributed by atoms with Crippen molar-refractivity contribution in [2.24, 2.45) is 5.92 Å². The molecule has 1 fully saturated rings. The largest absolute Gasteiger partial charge is 0.329 e. The second-order valence-electron chi connectivity index (χ2n) is 3.18. The van der Waals surface area contributed by atoms with Crippen LogP contribution in [0.5, 0.6) is 0 Å². The van der Waals surface area contributed by atoms with Crippen LogP contribution >= 0.6 is 0 Å². The van der Waals surface area contributed by atoms with Crippen molar-refractivity contribution in [3.63, 3.8) is 0 Å². The van der Waals surface area contributed by atoms with Crippen LogP contribution in [0.1, 0.15) is 13.3 Å². The van der Waals surface area contributed by atoms with Crippen molar-refractivity contribution in [1.82, 2.24) is 4.90 Å². The van der Waals surface area contributed by atoms with E-state index in [0.29, 0.717) is 13.0 Å². The standard InChI is InChI=1S/C9H12FNO/c1-3-9(12)11-5-4-7(2)8(10)6-11/h1,7-8H,4-6H2,2H3. The topological polar surface area (TPSA) is 20.3 Å². The summed E-state index contributed by atoms with van der Waals surface area (Å²) in [6.07, 6.45) is 4.70. The number of terminal acetylenes is 1. The van der Waals surface area contributed by atoms with Crippen LogP contribution in [-0.4, -0.2) is 30.1 Å². The zero-order chi connectivity index (χ0) is 9.14. The maximum Gasteiger partial charge on any atom is 0.298 e. The van der Waals surface area contributed by atoms with Gasteiger partial charge in [-0.05, 0) is 18.3 Å². The molecule has 0 spiro atoms. The van der Waals surface area contributed by atoms with Crippen molar-refractivity contribution >= 4 is 5.91 Å².